The van der Waals surface area contributed by atoms with Crippen LogP contribution in [0, 0.1) is 0 Å². The molecular weight excluding hydrogens is 150 g/mol. The molecule has 0 aliphatic carbocycles. The van der Waals surface area contributed by atoms with Crippen LogP contribution in [0.2, 0.25) is 0 Å². The van der Waals surface area contributed by atoms with E-state index < -0.39 is 0 Å². The van der Waals surface area contributed by atoms with Crippen molar-refractivity contribution in [2.45, 2.75) is 12.5 Å². The average Bonchev–Trinajstić information content (AvgIpc) is 2.17. The van der Waals surface area contributed by atoms with Crippen molar-refractivity contribution in [1.82, 2.24) is 5.32 Å². The molecule has 2 heteroatoms. The maximum Gasteiger partial charge on any atom is 0.0512 e. The Hall–Kier alpha value is -0.860. The normalized spacial score (nSPS) is 21.9. The van der Waals surface area contributed by atoms with Crippen LogP contribution >= 0.6 is 0 Å². The quantitative estimate of drug-likeness (QED) is 0.643. The Morgan fingerprint density at radius 3 is 3.08 bits per heavy atom. The summed E-state index contributed by atoms with van der Waals surface area (Å²) in [6.07, 6.45) is 0. The summed E-state index contributed by atoms with van der Waals surface area (Å²) in [6.45, 7) is 2.07. The molecule has 0 fully saturated rings. The molecule has 0 aromatic heterocycles. The van der Waals surface area contributed by atoms with Crippen LogP contribution in [0.5, 0.6) is 0 Å². The minimum atomic E-state index is 0.240. The molecule has 2 nitrogen and oxygen atoms in total. The van der Waals surface area contributed by atoms with E-state index in [4.69, 9.17) is 5.11 Å². The molecule has 1 atom stereocenters. The molecule has 0 radical (unpaired) electrons. The minimum Gasteiger partial charge on any atom is -0.396 e. The summed E-state index contributed by atoms with van der Waals surface area (Å²) < 4.78 is 0. The number of aliphatic hydroxyl groups is 1. The van der Waals surface area contributed by atoms with Gasteiger partial charge in [-0.1, -0.05) is 24.3 Å². The zero-order valence-electron chi connectivity index (χ0n) is 6.96. The first-order valence-corrected chi connectivity index (χ1v) is 4.31. The van der Waals surface area contributed by atoms with Gasteiger partial charge in [0.15, 0.2) is 0 Å². The zero-order valence-corrected chi connectivity index (χ0v) is 6.96. The van der Waals surface area contributed by atoms with Gasteiger partial charge in [-0.05, 0) is 11.1 Å². The summed E-state index contributed by atoms with van der Waals surface area (Å²) in [7, 11) is 0. The molecule has 1 aromatic carbocycles. The van der Waals surface area contributed by atoms with Gasteiger partial charge in [-0.25, -0.2) is 0 Å². The number of fused-ring (bicyclic) bond motifs is 1. The van der Waals surface area contributed by atoms with Crippen LogP contribution in [0.15, 0.2) is 24.3 Å². The zero-order chi connectivity index (χ0) is 8.39. The van der Waals surface area contributed by atoms with Gasteiger partial charge in [0.05, 0.1) is 6.61 Å². The van der Waals surface area contributed by atoms with E-state index in [-0.39, 0.29) is 12.5 Å². The molecule has 2 rings (SSSR count). The van der Waals surface area contributed by atoms with Gasteiger partial charge in [0.1, 0.15) is 0 Å². The Balaban J connectivity index is 2.37. The fourth-order valence-electron chi connectivity index (χ4n) is 1.75. The number of rotatable bonds is 1. The summed E-state index contributed by atoms with van der Waals surface area (Å²) in [5, 5.41) is 12.4. The third kappa shape index (κ3) is 1.24. The number of benzene rings is 1. The molecular formula is C10H13NO. The Kier molecular flexibility index (Phi) is 2.11. The van der Waals surface area contributed by atoms with Crippen molar-refractivity contribution in [2.24, 2.45) is 0 Å². The minimum absolute atomic E-state index is 0.240. The van der Waals surface area contributed by atoms with Gasteiger partial charge < -0.3 is 10.4 Å². The van der Waals surface area contributed by atoms with Crippen molar-refractivity contribution >= 4 is 0 Å². The van der Waals surface area contributed by atoms with Crippen molar-refractivity contribution in [1.29, 1.82) is 0 Å². The lowest BCUT2D eigenvalue weighted by Gasteiger charge is -2.24. The lowest BCUT2D eigenvalue weighted by Crippen LogP contribution is -2.29. The fraction of sp³-hybridized carbons (Fsp3) is 0.400. The molecule has 1 heterocycles. The molecule has 0 bridgehead atoms. The molecule has 64 valence electrons. The van der Waals surface area contributed by atoms with Gasteiger partial charge in [0, 0.05) is 19.0 Å². The van der Waals surface area contributed by atoms with E-state index in [0.29, 0.717) is 0 Å². The highest BCUT2D eigenvalue weighted by molar-refractivity contribution is 5.32. The molecule has 2 N–H and O–H groups in total. The molecule has 1 unspecified atom stereocenters. The molecule has 1 aromatic rings. The number of hydrogen-bond donors (Lipinski definition) is 2. The highest BCUT2D eigenvalue weighted by atomic mass is 16.3. The maximum atomic E-state index is 9.10. The molecule has 0 saturated carbocycles. The predicted molar refractivity (Wildman–Crippen MR) is 48.0 cm³/mol. The Morgan fingerprint density at radius 2 is 2.25 bits per heavy atom. The van der Waals surface area contributed by atoms with E-state index in [9.17, 15) is 0 Å². The lowest BCUT2D eigenvalue weighted by molar-refractivity contribution is 0.256. The first-order valence-electron chi connectivity index (χ1n) is 4.31. The Bertz CT molecular complexity index is 272. The van der Waals surface area contributed by atoms with Crippen LogP contribution < -0.4 is 5.32 Å². The summed E-state index contributed by atoms with van der Waals surface area (Å²) in [5.74, 6) is 0.287. The van der Waals surface area contributed by atoms with E-state index in [0.717, 1.165) is 13.1 Å². The monoisotopic (exact) mass is 163 g/mol. The second-order valence-corrected chi connectivity index (χ2v) is 3.21. The van der Waals surface area contributed by atoms with Gasteiger partial charge >= 0.3 is 0 Å². The lowest BCUT2D eigenvalue weighted by atomic mass is 9.92. The van der Waals surface area contributed by atoms with Crippen LogP contribution in [0.3, 0.4) is 0 Å². The van der Waals surface area contributed by atoms with Gasteiger partial charge in [0.25, 0.3) is 0 Å². The van der Waals surface area contributed by atoms with E-state index in [2.05, 4.69) is 17.4 Å². The summed E-state index contributed by atoms with van der Waals surface area (Å²) in [4.78, 5) is 0. The van der Waals surface area contributed by atoms with Crippen molar-refractivity contribution in [3.05, 3.63) is 35.4 Å². The second-order valence-electron chi connectivity index (χ2n) is 3.21. The van der Waals surface area contributed by atoms with Gasteiger partial charge in [-0.2, -0.15) is 0 Å². The third-order valence-electron chi connectivity index (χ3n) is 2.42. The standard InChI is InChI=1S/C10H13NO/c12-7-9-6-11-5-8-3-1-2-4-10(8)9/h1-4,9,11-12H,5-7H2. The number of aliphatic hydroxyl groups excluding tert-OH is 1. The van der Waals surface area contributed by atoms with E-state index in [1.165, 1.54) is 11.1 Å². The highest BCUT2D eigenvalue weighted by Gasteiger charge is 2.17. The van der Waals surface area contributed by atoms with E-state index in [1.807, 2.05) is 12.1 Å². The van der Waals surface area contributed by atoms with Crippen molar-refractivity contribution in [2.75, 3.05) is 13.2 Å². The van der Waals surface area contributed by atoms with Gasteiger partial charge in [-0.15, -0.1) is 0 Å². The van der Waals surface area contributed by atoms with Crippen molar-refractivity contribution in [3.8, 4) is 0 Å². The van der Waals surface area contributed by atoms with Crippen LogP contribution in [-0.2, 0) is 6.54 Å². The first-order chi connectivity index (χ1) is 5.92. The van der Waals surface area contributed by atoms with Crippen LogP contribution in [0.25, 0.3) is 0 Å². The predicted octanol–water partition coefficient (Wildman–Crippen LogP) is 0.866. The van der Waals surface area contributed by atoms with Gasteiger partial charge in [0.2, 0.25) is 0 Å². The van der Waals surface area contributed by atoms with Crippen LogP contribution in [0.1, 0.15) is 17.0 Å². The van der Waals surface area contributed by atoms with Crippen LogP contribution in [-0.4, -0.2) is 18.3 Å². The maximum absolute atomic E-state index is 9.10. The molecule has 0 spiro atoms. The third-order valence-corrected chi connectivity index (χ3v) is 2.42. The molecule has 12 heavy (non-hydrogen) atoms. The summed E-state index contributed by atoms with van der Waals surface area (Å²) in [6, 6.07) is 8.30. The highest BCUT2D eigenvalue weighted by Crippen LogP contribution is 2.22. The second kappa shape index (κ2) is 3.25. The summed E-state index contributed by atoms with van der Waals surface area (Å²) in [5.41, 5.74) is 2.63. The summed E-state index contributed by atoms with van der Waals surface area (Å²) >= 11 is 0. The van der Waals surface area contributed by atoms with Crippen molar-refractivity contribution < 1.29 is 5.11 Å². The largest absolute Gasteiger partial charge is 0.396 e. The first kappa shape index (κ1) is 7.77. The smallest absolute Gasteiger partial charge is 0.0512 e. The number of hydrogen-bond acceptors (Lipinski definition) is 2. The Morgan fingerprint density at radius 1 is 1.42 bits per heavy atom. The molecule has 1 aliphatic rings. The molecule has 0 amide bonds. The van der Waals surface area contributed by atoms with E-state index >= 15 is 0 Å². The number of nitrogens with one attached hydrogen (secondary N) is 1. The van der Waals surface area contributed by atoms with E-state index in [1.54, 1.807) is 0 Å². The van der Waals surface area contributed by atoms with Crippen LogP contribution in [0.4, 0.5) is 0 Å². The average molecular weight is 163 g/mol. The topological polar surface area (TPSA) is 32.3 Å². The Labute approximate surface area is 72.2 Å². The SMILES string of the molecule is OCC1CNCc2ccccc21. The molecule has 1 aliphatic heterocycles. The fourth-order valence-corrected chi connectivity index (χ4v) is 1.75. The van der Waals surface area contributed by atoms with Crippen molar-refractivity contribution in [3.63, 3.8) is 0 Å². The molecule has 0 saturated heterocycles. The van der Waals surface area contributed by atoms with Gasteiger partial charge in [-0.3, -0.25) is 0 Å².